The van der Waals surface area contributed by atoms with Gasteiger partial charge in [-0.05, 0) is 48.5 Å². The van der Waals surface area contributed by atoms with E-state index in [0.29, 0.717) is 30.4 Å². The molecule has 2 aromatic carbocycles. The van der Waals surface area contributed by atoms with Gasteiger partial charge >= 0.3 is 0 Å². The molecule has 0 aliphatic carbocycles. The van der Waals surface area contributed by atoms with Crippen LogP contribution in [-0.2, 0) is 9.47 Å². The number of benzene rings is 2. The zero-order chi connectivity index (χ0) is 21.2. The summed E-state index contributed by atoms with van der Waals surface area (Å²) in [4.78, 5) is 4.05. The van der Waals surface area contributed by atoms with E-state index in [2.05, 4.69) is 4.90 Å². The molecule has 2 aliphatic rings. The van der Waals surface area contributed by atoms with Gasteiger partial charge in [-0.2, -0.15) is 0 Å². The Balaban J connectivity index is 0.000000173. The zero-order valence-electron chi connectivity index (χ0n) is 17.5. The second kappa shape index (κ2) is 11.8. The second-order valence-corrected chi connectivity index (χ2v) is 7.48. The maximum Gasteiger partial charge on any atom is 0.119 e. The van der Waals surface area contributed by atoms with Crippen molar-refractivity contribution in [2.45, 2.75) is 12.2 Å². The summed E-state index contributed by atoms with van der Waals surface area (Å²) in [6.07, 6.45) is 0.722. The highest BCUT2D eigenvalue weighted by molar-refractivity contribution is 6.18. The first-order valence-corrected chi connectivity index (χ1v) is 10.1. The molecule has 0 spiro atoms. The summed E-state index contributed by atoms with van der Waals surface area (Å²) in [7, 11) is 7.97. The number of ether oxygens (including phenoxy) is 3. The van der Waals surface area contributed by atoms with Crippen LogP contribution in [0.5, 0.6) is 11.5 Å². The van der Waals surface area contributed by atoms with E-state index in [1.165, 1.54) is 5.69 Å². The summed E-state index contributed by atoms with van der Waals surface area (Å²) in [5.41, 5.74) is 2.28. The average molecular weight is 423 g/mol. The van der Waals surface area contributed by atoms with Gasteiger partial charge in [-0.15, -0.1) is 11.6 Å². The Labute approximate surface area is 178 Å². The van der Waals surface area contributed by atoms with Crippen LogP contribution in [0.25, 0.3) is 0 Å². The lowest BCUT2D eigenvalue weighted by Crippen LogP contribution is -2.08. The Hall–Kier alpha value is -2.15. The number of nitrogens with zero attached hydrogens (tertiary/aromatic N) is 2. The molecule has 0 aromatic heterocycles. The van der Waals surface area contributed by atoms with Crippen LogP contribution in [0, 0.1) is 0 Å². The van der Waals surface area contributed by atoms with Crippen molar-refractivity contribution in [1.29, 1.82) is 0 Å². The Morgan fingerprint density at radius 1 is 0.862 bits per heavy atom. The topological polar surface area (TPSA) is 61.0 Å². The molecule has 29 heavy (non-hydrogen) atoms. The van der Waals surface area contributed by atoms with Gasteiger partial charge in [-0.1, -0.05) is 0 Å². The van der Waals surface area contributed by atoms with E-state index in [4.69, 9.17) is 30.9 Å². The standard InChI is InChI=1S/C11H15NO2.C8H11NO.C3H5ClO/c1-12(2)9-3-5-10(6-4-9)13-7-11-8-14-11;1-9(2)7-3-5-8(10)6-4-7;4-1-3-2-5-3/h3-6,11H,7-8H2,1-2H3;3-6,10H,1-2H3;3H,1-2H2. The van der Waals surface area contributed by atoms with Crippen LogP contribution in [0.4, 0.5) is 11.4 Å². The molecule has 4 rings (SSSR count). The molecule has 2 heterocycles. The van der Waals surface area contributed by atoms with Crippen LogP contribution in [-0.4, -0.2) is 71.2 Å². The third-order valence-corrected chi connectivity index (χ3v) is 4.48. The molecular formula is C22H31ClN2O4. The van der Waals surface area contributed by atoms with Crippen LogP contribution >= 0.6 is 11.6 Å². The van der Waals surface area contributed by atoms with E-state index in [-0.39, 0.29) is 0 Å². The first kappa shape index (κ1) is 23.1. The van der Waals surface area contributed by atoms with Crippen molar-refractivity contribution in [2.75, 3.05) is 63.7 Å². The van der Waals surface area contributed by atoms with E-state index in [0.717, 1.165) is 24.7 Å². The molecule has 2 atom stereocenters. The Kier molecular flexibility index (Phi) is 9.38. The molecule has 6 nitrogen and oxygen atoms in total. The predicted molar refractivity (Wildman–Crippen MR) is 119 cm³/mol. The fraction of sp³-hybridized carbons (Fsp3) is 0.455. The number of phenolic OH excluding ortho intramolecular Hbond substituents is 1. The number of halogens is 1. The highest BCUT2D eigenvalue weighted by Crippen LogP contribution is 2.19. The number of alkyl halides is 1. The fourth-order valence-corrected chi connectivity index (χ4v) is 2.28. The Morgan fingerprint density at radius 3 is 1.66 bits per heavy atom. The van der Waals surface area contributed by atoms with Gasteiger partial charge in [0.2, 0.25) is 0 Å². The normalized spacial score (nSPS) is 18.4. The summed E-state index contributed by atoms with van der Waals surface area (Å²) in [5.74, 6) is 1.89. The molecule has 0 saturated carbocycles. The van der Waals surface area contributed by atoms with Gasteiger partial charge in [0.1, 0.15) is 24.2 Å². The molecule has 0 radical (unpaired) electrons. The molecule has 0 bridgehead atoms. The Morgan fingerprint density at radius 2 is 1.31 bits per heavy atom. The van der Waals surface area contributed by atoms with Gasteiger partial charge in [-0.25, -0.2) is 0 Å². The molecule has 7 heteroatoms. The van der Waals surface area contributed by atoms with Gasteiger partial charge < -0.3 is 29.1 Å². The number of aromatic hydroxyl groups is 1. The molecule has 2 fully saturated rings. The fourth-order valence-electron chi connectivity index (χ4n) is 2.10. The van der Waals surface area contributed by atoms with Crippen LogP contribution in [0.1, 0.15) is 0 Å². The van der Waals surface area contributed by atoms with Crippen LogP contribution in [0.15, 0.2) is 48.5 Å². The van der Waals surface area contributed by atoms with Crippen molar-refractivity contribution < 1.29 is 19.3 Å². The van der Waals surface area contributed by atoms with E-state index < -0.39 is 0 Å². The Bertz CT molecular complexity index is 700. The SMILES string of the molecule is CN(C)c1ccc(O)cc1.CN(C)c1ccc(OCC2CO2)cc1.ClCC1CO1. The number of hydrogen-bond acceptors (Lipinski definition) is 6. The first-order valence-electron chi connectivity index (χ1n) is 9.54. The molecule has 2 aliphatic heterocycles. The molecular weight excluding hydrogens is 392 g/mol. The van der Waals surface area contributed by atoms with Gasteiger partial charge in [0, 0.05) is 39.6 Å². The number of hydrogen-bond donors (Lipinski definition) is 1. The van der Waals surface area contributed by atoms with Crippen molar-refractivity contribution in [3.63, 3.8) is 0 Å². The summed E-state index contributed by atoms with van der Waals surface area (Å²) < 4.78 is 15.3. The second-order valence-electron chi connectivity index (χ2n) is 7.18. The number of rotatable bonds is 6. The minimum atomic E-state index is 0.311. The third-order valence-electron chi connectivity index (χ3n) is 4.13. The van der Waals surface area contributed by atoms with Crippen molar-refractivity contribution in [1.82, 2.24) is 0 Å². The minimum Gasteiger partial charge on any atom is -0.508 e. The monoisotopic (exact) mass is 422 g/mol. The van der Waals surface area contributed by atoms with Crippen LogP contribution < -0.4 is 14.5 Å². The van der Waals surface area contributed by atoms with E-state index in [1.807, 2.05) is 69.5 Å². The van der Waals surface area contributed by atoms with Gasteiger partial charge in [0.15, 0.2) is 0 Å². The maximum atomic E-state index is 8.92. The molecule has 2 aromatic rings. The van der Waals surface area contributed by atoms with Crippen molar-refractivity contribution in [3.8, 4) is 11.5 Å². The van der Waals surface area contributed by atoms with Crippen LogP contribution in [0.3, 0.4) is 0 Å². The highest BCUT2D eigenvalue weighted by Gasteiger charge is 2.23. The molecule has 1 N–H and O–H groups in total. The average Bonchev–Trinajstić information content (AvgIpc) is 3.62. The van der Waals surface area contributed by atoms with Crippen molar-refractivity contribution in [2.24, 2.45) is 0 Å². The molecule has 160 valence electrons. The predicted octanol–water partition coefficient (Wildman–Crippen LogP) is 3.61. The van der Waals surface area contributed by atoms with Gasteiger partial charge in [0.05, 0.1) is 25.2 Å². The van der Waals surface area contributed by atoms with Crippen LogP contribution in [0.2, 0.25) is 0 Å². The maximum absolute atomic E-state index is 8.92. The number of epoxide rings is 2. The smallest absolute Gasteiger partial charge is 0.119 e. The molecule has 2 saturated heterocycles. The third kappa shape index (κ3) is 9.74. The largest absolute Gasteiger partial charge is 0.508 e. The van der Waals surface area contributed by atoms with Gasteiger partial charge in [-0.3, -0.25) is 0 Å². The lowest BCUT2D eigenvalue weighted by Gasteiger charge is -2.12. The first-order chi connectivity index (χ1) is 13.9. The lowest BCUT2D eigenvalue weighted by molar-refractivity contribution is 0.263. The van der Waals surface area contributed by atoms with E-state index in [1.54, 1.807) is 12.1 Å². The quantitative estimate of drug-likeness (QED) is 0.566. The van der Waals surface area contributed by atoms with E-state index in [9.17, 15) is 0 Å². The van der Waals surface area contributed by atoms with E-state index >= 15 is 0 Å². The summed E-state index contributed by atoms with van der Waals surface area (Å²) >= 11 is 5.27. The summed E-state index contributed by atoms with van der Waals surface area (Å²) in [6.45, 7) is 2.39. The molecule has 2 unspecified atom stereocenters. The number of anilines is 2. The van der Waals surface area contributed by atoms with Gasteiger partial charge in [0.25, 0.3) is 0 Å². The zero-order valence-corrected chi connectivity index (χ0v) is 18.3. The summed E-state index contributed by atoms with van der Waals surface area (Å²) in [6, 6.07) is 15.1. The van der Waals surface area contributed by atoms with Crippen molar-refractivity contribution in [3.05, 3.63) is 48.5 Å². The summed E-state index contributed by atoms with van der Waals surface area (Å²) in [5, 5.41) is 8.92. The minimum absolute atomic E-state index is 0.311. The highest BCUT2D eigenvalue weighted by atomic mass is 35.5. The van der Waals surface area contributed by atoms with Crippen molar-refractivity contribution >= 4 is 23.0 Å². The lowest BCUT2D eigenvalue weighted by atomic mass is 10.3. The molecule has 0 amide bonds. The number of phenols is 1.